The number of hydrogen-bond acceptors (Lipinski definition) is 5. The normalized spacial score (nSPS) is 14.3. The zero-order chi connectivity index (χ0) is 25.3. The molecule has 2 unspecified atom stereocenters. The van der Waals surface area contributed by atoms with E-state index in [0.29, 0.717) is 24.4 Å². The molecule has 0 aliphatic rings. The van der Waals surface area contributed by atoms with Crippen molar-refractivity contribution in [3.63, 3.8) is 0 Å². The van der Waals surface area contributed by atoms with Crippen LogP contribution in [0.5, 0.6) is 5.88 Å². The van der Waals surface area contributed by atoms with E-state index in [4.69, 9.17) is 14.1 Å². The van der Waals surface area contributed by atoms with E-state index in [1.165, 1.54) is 0 Å². The van der Waals surface area contributed by atoms with Crippen LogP contribution in [-0.2, 0) is 5.60 Å². The molecular weight excluding hydrogens is 516 g/mol. The van der Waals surface area contributed by atoms with Gasteiger partial charge in [0.2, 0.25) is 5.88 Å². The second-order valence-electron chi connectivity index (χ2n) is 9.39. The largest absolute Gasteiger partial charge is 0.481 e. The summed E-state index contributed by atoms with van der Waals surface area (Å²) in [5, 5.41) is 14.8. The zero-order valence-corrected chi connectivity index (χ0v) is 22.2. The van der Waals surface area contributed by atoms with Crippen molar-refractivity contribution in [3.8, 4) is 5.88 Å². The lowest BCUT2D eigenvalue weighted by Gasteiger charge is -2.38. The van der Waals surface area contributed by atoms with Gasteiger partial charge in [-0.3, -0.25) is 0 Å². The maximum atomic E-state index is 12.9. The maximum absolute atomic E-state index is 12.9. The van der Waals surface area contributed by atoms with Gasteiger partial charge in [0.15, 0.2) is 0 Å². The number of ether oxygens (including phenoxy) is 1. The fourth-order valence-electron chi connectivity index (χ4n) is 5.04. The first-order chi connectivity index (χ1) is 17.4. The number of rotatable bonds is 8. The Morgan fingerprint density at radius 3 is 2.56 bits per heavy atom. The van der Waals surface area contributed by atoms with Crippen LogP contribution in [0.1, 0.15) is 29.0 Å². The number of hydrogen-bond donors (Lipinski definition) is 1. The van der Waals surface area contributed by atoms with Crippen LogP contribution in [0.3, 0.4) is 0 Å². The number of benzene rings is 3. The van der Waals surface area contributed by atoms with Gasteiger partial charge in [0.25, 0.3) is 0 Å². The summed E-state index contributed by atoms with van der Waals surface area (Å²) in [5.74, 6) is 0.0220. The quantitative estimate of drug-likeness (QED) is 0.235. The molecule has 0 amide bonds. The number of methoxy groups -OCH3 is 1. The van der Waals surface area contributed by atoms with Crippen LogP contribution in [0, 0.1) is 0 Å². The van der Waals surface area contributed by atoms with Gasteiger partial charge < -0.3 is 19.2 Å². The van der Waals surface area contributed by atoms with Gasteiger partial charge in [0.05, 0.1) is 18.9 Å². The number of nitrogens with zero attached hydrogens (tertiary/aromatic N) is 2. The minimum absolute atomic E-state index is 0.471. The van der Waals surface area contributed by atoms with Gasteiger partial charge in [-0.25, -0.2) is 4.98 Å². The van der Waals surface area contributed by atoms with Crippen molar-refractivity contribution in [1.82, 2.24) is 9.88 Å². The number of fused-ring (bicyclic) bond motifs is 2. The molecule has 2 atom stereocenters. The summed E-state index contributed by atoms with van der Waals surface area (Å²) in [6.45, 7) is 0.672. The van der Waals surface area contributed by atoms with Gasteiger partial charge >= 0.3 is 0 Å². The smallest absolute Gasteiger partial charge is 0.217 e. The predicted molar refractivity (Wildman–Crippen MR) is 148 cm³/mol. The molecule has 5 nitrogen and oxygen atoms in total. The van der Waals surface area contributed by atoms with Crippen molar-refractivity contribution < 1.29 is 14.3 Å². The highest BCUT2D eigenvalue weighted by Gasteiger charge is 2.44. The average Bonchev–Trinajstić information content (AvgIpc) is 3.37. The molecule has 0 radical (unpaired) electrons. The Labute approximate surface area is 219 Å². The van der Waals surface area contributed by atoms with Gasteiger partial charge in [-0.2, -0.15) is 0 Å². The molecule has 0 spiro atoms. The Kier molecular flexibility index (Phi) is 6.84. The highest BCUT2D eigenvalue weighted by Crippen LogP contribution is 2.49. The fraction of sp³-hybridized carbons (Fsp3) is 0.233. The van der Waals surface area contributed by atoms with Crippen LogP contribution < -0.4 is 4.74 Å². The van der Waals surface area contributed by atoms with Gasteiger partial charge in [0.1, 0.15) is 11.2 Å². The Morgan fingerprint density at radius 1 is 1.00 bits per heavy atom. The minimum Gasteiger partial charge on any atom is -0.481 e. The van der Waals surface area contributed by atoms with E-state index in [1.807, 2.05) is 74.8 Å². The second-order valence-corrected chi connectivity index (χ2v) is 10.3. The third-order valence-corrected chi connectivity index (χ3v) is 7.26. The molecule has 36 heavy (non-hydrogen) atoms. The number of aromatic nitrogens is 1. The first-order valence-corrected chi connectivity index (χ1v) is 12.7. The highest BCUT2D eigenvalue weighted by atomic mass is 79.9. The summed E-state index contributed by atoms with van der Waals surface area (Å²) >= 11 is 3.59. The zero-order valence-electron chi connectivity index (χ0n) is 20.6. The van der Waals surface area contributed by atoms with E-state index < -0.39 is 11.5 Å². The number of para-hydroxylation sites is 1. The maximum Gasteiger partial charge on any atom is 0.217 e. The topological polar surface area (TPSA) is 58.7 Å². The van der Waals surface area contributed by atoms with E-state index in [2.05, 4.69) is 39.0 Å². The van der Waals surface area contributed by atoms with E-state index >= 15 is 0 Å². The molecule has 0 fully saturated rings. The van der Waals surface area contributed by atoms with Crippen LogP contribution in [0.4, 0.5) is 0 Å². The van der Waals surface area contributed by atoms with Crippen molar-refractivity contribution in [2.75, 3.05) is 27.7 Å². The molecule has 1 N–H and O–H groups in total. The molecule has 6 heteroatoms. The summed E-state index contributed by atoms with van der Waals surface area (Å²) in [7, 11) is 5.66. The Morgan fingerprint density at radius 2 is 1.81 bits per heavy atom. The van der Waals surface area contributed by atoms with E-state index in [0.717, 1.165) is 37.5 Å². The lowest BCUT2D eigenvalue weighted by molar-refractivity contribution is 0.00441. The number of halogens is 1. The second kappa shape index (κ2) is 10.1. The van der Waals surface area contributed by atoms with Gasteiger partial charge in [-0.15, -0.1) is 0 Å². The summed E-state index contributed by atoms with van der Waals surface area (Å²) in [6, 6.07) is 26.0. The van der Waals surface area contributed by atoms with Crippen LogP contribution in [0.2, 0.25) is 0 Å². The summed E-state index contributed by atoms with van der Waals surface area (Å²) in [6.07, 6.45) is 2.15. The third kappa shape index (κ3) is 4.52. The van der Waals surface area contributed by atoms with Gasteiger partial charge in [-0.1, -0.05) is 64.5 Å². The third-order valence-electron chi connectivity index (χ3n) is 6.77. The van der Waals surface area contributed by atoms with Crippen molar-refractivity contribution in [1.29, 1.82) is 0 Å². The standard InChI is InChI=1S/C30H29BrN2O3/c1-33(2)16-15-30(34,25-11-7-10-21-14-17-36-28(21)25)27(20-8-5-4-6-9-20)24-19-22-18-23(31)12-13-26(22)32-29(24)35-3/h4-14,17-19,27,34H,15-16H2,1-3H3. The van der Waals surface area contributed by atoms with Crippen molar-refractivity contribution in [3.05, 3.63) is 106 Å². The molecule has 5 aromatic rings. The Hall–Kier alpha value is -3.19. The van der Waals surface area contributed by atoms with E-state index in [-0.39, 0.29) is 0 Å². The number of furan rings is 1. The molecule has 3 aromatic carbocycles. The van der Waals surface area contributed by atoms with Crippen LogP contribution in [-0.4, -0.2) is 42.7 Å². The van der Waals surface area contributed by atoms with Crippen LogP contribution >= 0.6 is 15.9 Å². The molecular formula is C30H29BrN2O3. The summed E-state index contributed by atoms with van der Waals surface area (Å²) < 4.78 is 12.8. The molecule has 0 saturated heterocycles. The molecule has 0 aliphatic heterocycles. The van der Waals surface area contributed by atoms with Gasteiger partial charge in [0, 0.05) is 38.8 Å². The van der Waals surface area contributed by atoms with Crippen molar-refractivity contribution in [2.24, 2.45) is 0 Å². The van der Waals surface area contributed by atoms with Crippen molar-refractivity contribution >= 4 is 37.8 Å². The summed E-state index contributed by atoms with van der Waals surface area (Å²) in [5.41, 5.74) is 2.73. The lowest BCUT2D eigenvalue weighted by Crippen LogP contribution is -2.38. The van der Waals surface area contributed by atoms with Gasteiger partial charge in [-0.05, 0) is 56.4 Å². The Bertz CT molecular complexity index is 1500. The highest BCUT2D eigenvalue weighted by molar-refractivity contribution is 9.10. The molecule has 2 heterocycles. The van der Waals surface area contributed by atoms with Crippen LogP contribution in [0.25, 0.3) is 21.9 Å². The van der Waals surface area contributed by atoms with Crippen molar-refractivity contribution in [2.45, 2.75) is 17.9 Å². The predicted octanol–water partition coefficient (Wildman–Crippen LogP) is 6.72. The number of aliphatic hydroxyl groups is 1. The van der Waals surface area contributed by atoms with Crippen LogP contribution in [0.15, 0.2) is 94.0 Å². The first-order valence-electron chi connectivity index (χ1n) is 11.9. The van der Waals surface area contributed by atoms with E-state index in [9.17, 15) is 5.11 Å². The minimum atomic E-state index is -1.32. The monoisotopic (exact) mass is 544 g/mol. The molecule has 0 saturated carbocycles. The summed E-state index contributed by atoms with van der Waals surface area (Å²) in [4.78, 5) is 6.93. The first kappa shape index (κ1) is 24.5. The molecule has 0 aliphatic carbocycles. The molecule has 5 rings (SSSR count). The molecule has 184 valence electrons. The average molecular weight is 545 g/mol. The fourth-order valence-corrected chi connectivity index (χ4v) is 5.42. The lowest BCUT2D eigenvalue weighted by atomic mass is 9.71. The molecule has 0 bridgehead atoms. The Balaban J connectivity index is 1.83. The SMILES string of the molecule is COc1nc2ccc(Br)cc2cc1C(c1ccccc1)C(O)(CCN(C)C)c1cccc2ccoc12. The number of pyridine rings is 1. The molecule has 2 aromatic heterocycles. The van der Waals surface area contributed by atoms with E-state index in [1.54, 1.807) is 13.4 Å².